The van der Waals surface area contributed by atoms with E-state index in [4.69, 9.17) is 9.84 Å². The predicted molar refractivity (Wildman–Crippen MR) is 69.4 cm³/mol. The summed E-state index contributed by atoms with van der Waals surface area (Å²) in [4.78, 5) is 14.4. The summed E-state index contributed by atoms with van der Waals surface area (Å²) in [5.74, 6) is -3.07. The highest BCUT2D eigenvalue weighted by Gasteiger charge is 2.33. The molecule has 0 atom stereocenters. The first-order chi connectivity index (χ1) is 11.5. The van der Waals surface area contributed by atoms with Crippen LogP contribution in [0.4, 0.5) is 26.3 Å². The summed E-state index contributed by atoms with van der Waals surface area (Å²) in [5.41, 5.74) is -2.14. The van der Waals surface area contributed by atoms with Gasteiger partial charge in [0.1, 0.15) is 17.1 Å². The van der Waals surface area contributed by atoms with E-state index in [9.17, 15) is 31.1 Å². The van der Waals surface area contributed by atoms with Gasteiger partial charge in [-0.25, -0.2) is 9.78 Å². The Bertz CT molecular complexity index is 770. The number of pyridine rings is 1. The lowest BCUT2D eigenvalue weighted by Crippen LogP contribution is -2.16. The number of carbonyl (C=O) groups is 1. The maximum Gasteiger partial charge on any atom is 0.573 e. The zero-order valence-corrected chi connectivity index (χ0v) is 11.9. The molecule has 0 fully saturated rings. The van der Waals surface area contributed by atoms with Crippen molar-refractivity contribution < 1.29 is 45.7 Å². The molecule has 0 aliphatic carbocycles. The summed E-state index contributed by atoms with van der Waals surface area (Å²) in [7, 11) is 0. The van der Waals surface area contributed by atoms with Crippen molar-refractivity contribution in [2.75, 3.05) is 0 Å². The Kier molecular flexibility index (Phi) is 4.77. The number of benzene rings is 1. The number of hydrogen-bond donors (Lipinski definition) is 1. The van der Waals surface area contributed by atoms with Gasteiger partial charge in [0.2, 0.25) is 5.88 Å². The molecule has 25 heavy (non-hydrogen) atoms. The molecule has 0 saturated heterocycles. The molecule has 0 radical (unpaired) electrons. The number of nitrogens with zero attached hydrogens (tertiary/aromatic N) is 1. The third kappa shape index (κ3) is 4.99. The second-order valence-corrected chi connectivity index (χ2v) is 4.50. The summed E-state index contributed by atoms with van der Waals surface area (Å²) in [6.07, 6.45) is -9.32. The Morgan fingerprint density at radius 2 is 1.56 bits per heavy atom. The third-order valence-corrected chi connectivity index (χ3v) is 2.68. The molecule has 0 aliphatic rings. The molecule has 0 unspecified atom stereocenters. The van der Waals surface area contributed by atoms with Crippen LogP contribution in [0.25, 0.3) is 0 Å². The van der Waals surface area contributed by atoms with Gasteiger partial charge in [-0.15, -0.1) is 13.2 Å². The van der Waals surface area contributed by atoms with Gasteiger partial charge >= 0.3 is 18.5 Å². The van der Waals surface area contributed by atoms with Gasteiger partial charge in [0.05, 0.1) is 5.56 Å². The van der Waals surface area contributed by atoms with Gasteiger partial charge in [-0.1, -0.05) is 0 Å². The number of halogens is 6. The Morgan fingerprint density at radius 3 is 2.04 bits per heavy atom. The van der Waals surface area contributed by atoms with Crippen molar-refractivity contribution >= 4 is 5.97 Å². The van der Waals surface area contributed by atoms with Gasteiger partial charge in [0.25, 0.3) is 0 Å². The molecule has 2 rings (SSSR count). The van der Waals surface area contributed by atoms with Crippen molar-refractivity contribution in [1.82, 2.24) is 4.98 Å². The second kappa shape index (κ2) is 6.49. The Labute approximate surface area is 135 Å². The van der Waals surface area contributed by atoms with Crippen LogP contribution in [0.3, 0.4) is 0 Å². The van der Waals surface area contributed by atoms with Crippen molar-refractivity contribution in [2.45, 2.75) is 12.5 Å². The minimum absolute atomic E-state index is 0.149. The predicted octanol–water partition coefficient (Wildman–Crippen LogP) is 4.49. The Hall–Kier alpha value is -2.98. The average Bonchev–Trinajstić information content (AvgIpc) is 2.47. The molecular weight excluding hydrogens is 360 g/mol. The lowest BCUT2D eigenvalue weighted by atomic mass is 10.2. The highest BCUT2D eigenvalue weighted by atomic mass is 19.4. The second-order valence-electron chi connectivity index (χ2n) is 4.50. The van der Waals surface area contributed by atoms with E-state index in [1.54, 1.807) is 0 Å². The fourth-order valence-electron chi connectivity index (χ4n) is 1.66. The standard InChI is InChI=1S/C14H7F6NO4/c15-13(16,17)7-5-10(12(22)23)11(21-6-7)24-8-1-3-9(4-2-8)25-14(18,19)20/h1-6H,(H,22,23). The smallest absolute Gasteiger partial charge is 0.477 e. The van der Waals surface area contributed by atoms with E-state index in [0.717, 1.165) is 24.3 Å². The fourth-order valence-corrected chi connectivity index (χ4v) is 1.66. The van der Waals surface area contributed by atoms with E-state index in [1.165, 1.54) is 0 Å². The number of alkyl halides is 6. The summed E-state index contributed by atoms with van der Waals surface area (Å²) >= 11 is 0. The molecule has 134 valence electrons. The minimum atomic E-state index is -4.90. The number of carboxylic acid groups (broad SMARTS) is 1. The molecule has 1 aromatic heterocycles. The van der Waals surface area contributed by atoms with Crippen LogP contribution in [0.15, 0.2) is 36.5 Å². The van der Waals surface area contributed by atoms with Crippen molar-refractivity contribution in [3.8, 4) is 17.4 Å². The average molecular weight is 367 g/mol. The van der Waals surface area contributed by atoms with Crippen LogP contribution in [-0.4, -0.2) is 22.4 Å². The molecule has 1 aromatic carbocycles. The van der Waals surface area contributed by atoms with Gasteiger partial charge in [-0.2, -0.15) is 13.2 Å². The van der Waals surface area contributed by atoms with E-state index in [1.807, 2.05) is 0 Å². The van der Waals surface area contributed by atoms with E-state index in [0.29, 0.717) is 12.3 Å². The summed E-state index contributed by atoms with van der Waals surface area (Å²) in [5, 5.41) is 8.97. The van der Waals surface area contributed by atoms with Crippen LogP contribution < -0.4 is 9.47 Å². The number of hydrogen-bond acceptors (Lipinski definition) is 4. The van der Waals surface area contributed by atoms with Gasteiger partial charge in [0.15, 0.2) is 0 Å². The van der Waals surface area contributed by atoms with Crippen molar-refractivity contribution in [3.63, 3.8) is 0 Å². The molecule has 0 aliphatic heterocycles. The first-order valence-electron chi connectivity index (χ1n) is 6.30. The van der Waals surface area contributed by atoms with Crippen molar-refractivity contribution in [2.24, 2.45) is 0 Å². The van der Waals surface area contributed by atoms with Gasteiger partial charge < -0.3 is 14.6 Å². The van der Waals surface area contributed by atoms with Crippen LogP contribution in [0, 0.1) is 0 Å². The fraction of sp³-hybridized carbons (Fsp3) is 0.143. The topological polar surface area (TPSA) is 68.7 Å². The highest BCUT2D eigenvalue weighted by Crippen LogP contribution is 2.33. The van der Waals surface area contributed by atoms with Gasteiger partial charge in [-0.3, -0.25) is 0 Å². The van der Waals surface area contributed by atoms with Crippen LogP contribution >= 0.6 is 0 Å². The lowest BCUT2D eigenvalue weighted by Gasteiger charge is -2.12. The molecule has 1 N–H and O–H groups in total. The molecular formula is C14H7F6NO4. The highest BCUT2D eigenvalue weighted by molar-refractivity contribution is 5.90. The quantitative estimate of drug-likeness (QED) is 0.807. The molecule has 0 bridgehead atoms. The maximum absolute atomic E-state index is 12.6. The molecule has 0 spiro atoms. The molecule has 2 aromatic rings. The first kappa shape index (κ1) is 18.4. The molecule has 0 amide bonds. The number of aromatic nitrogens is 1. The van der Waals surface area contributed by atoms with E-state index < -0.39 is 41.3 Å². The largest absolute Gasteiger partial charge is 0.573 e. The van der Waals surface area contributed by atoms with Gasteiger partial charge in [-0.05, 0) is 30.3 Å². The normalized spacial score (nSPS) is 11.9. The van der Waals surface area contributed by atoms with Crippen LogP contribution in [-0.2, 0) is 6.18 Å². The van der Waals surface area contributed by atoms with E-state index >= 15 is 0 Å². The molecule has 0 saturated carbocycles. The number of ether oxygens (including phenoxy) is 2. The lowest BCUT2D eigenvalue weighted by molar-refractivity contribution is -0.274. The van der Waals surface area contributed by atoms with Crippen molar-refractivity contribution in [3.05, 3.63) is 47.7 Å². The number of rotatable bonds is 4. The van der Waals surface area contributed by atoms with Gasteiger partial charge in [0, 0.05) is 6.20 Å². The summed E-state index contributed by atoms with van der Waals surface area (Å²) in [6, 6.07) is 4.12. The molecule has 5 nitrogen and oxygen atoms in total. The molecule has 11 heteroatoms. The minimum Gasteiger partial charge on any atom is -0.477 e. The Morgan fingerprint density at radius 1 is 1.00 bits per heavy atom. The zero-order chi connectivity index (χ0) is 18.8. The number of aromatic carboxylic acids is 1. The SMILES string of the molecule is O=C(O)c1cc(C(F)(F)F)cnc1Oc1ccc(OC(F)(F)F)cc1. The van der Waals surface area contributed by atoms with Crippen LogP contribution in [0.5, 0.6) is 17.4 Å². The maximum atomic E-state index is 12.6. The number of carboxylic acids is 1. The van der Waals surface area contributed by atoms with Crippen molar-refractivity contribution in [1.29, 1.82) is 0 Å². The van der Waals surface area contributed by atoms with E-state index in [2.05, 4.69) is 9.72 Å². The zero-order valence-electron chi connectivity index (χ0n) is 11.9. The first-order valence-corrected chi connectivity index (χ1v) is 6.30. The van der Waals surface area contributed by atoms with Crippen LogP contribution in [0.1, 0.15) is 15.9 Å². The monoisotopic (exact) mass is 367 g/mol. The summed E-state index contributed by atoms with van der Waals surface area (Å²) in [6.45, 7) is 0. The molecule has 1 heterocycles. The van der Waals surface area contributed by atoms with E-state index in [-0.39, 0.29) is 5.75 Å². The summed E-state index contributed by atoms with van der Waals surface area (Å²) < 4.78 is 82.6. The third-order valence-electron chi connectivity index (χ3n) is 2.68. The Balaban J connectivity index is 2.26. The van der Waals surface area contributed by atoms with Crippen LogP contribution in [0.2, 0.25) is 0 Å².